The van der Waals surface area contributed by atoms with E-state index < -0.39 is 0 Å². The standard InChI is InChI=1S/C15H21ClN2O2/c1-3-12-9-11(6-7-20-12)18-14-8-10(15(19)17-2)4-5-13(14)16/h4-5,8,11-12,18H,3,6-7,9H2,1-2H3,(H,17,19). The van der Waals surface area contributed by atoms with Gasteiger partial charge >= 0.3 is 0 Å². The third-order valence-electron chi connectivity index (χ3n) is 3.64. The predicted molar refractivity (Wildman–Crippen MR) is 81.5 cm³/mol. The first kappa shape index (κ1) is 15.1. The largest absolute Gasteiger partial charge is 0.381 e. The topological polar surface area (TPSA) is 50.4 Å². The highest BCUT2D eigenvalue weighted by atomic mass is 35.5. The van der Waals surface area contributed by atoms with Crippen LogP contribution in [-0.4, -0.2) is 31.7 Å². The Labute approximate surface area is 124 Å². The predicted octanol–water partition coefficient (Wildman–Crippen LogP) is 3.07. The molecule has 1 aliphatic heterocycles. The maximum absolute atomic E-state index is 11.7. The number of hydrogen-bond acceptors (Lipinski definition) is 3. The summed E-state index contributed by atoms with van der Waals surface area (Å²) >= 11 is 6.21. The van der Waals surface area contributed by atoms with Gasteiger partial charge in [0.05, 0.1) is 16.8 Å². The summed E-state index contributed by atoms with van der Waals surface area (Å²) in [6.07, 6.45) is 3.25. The Balaban J connectivity index is 2.10. The second-order valence-electron chi connectivity index (χ2n) is 5.04. The molecule has 1 heterocycles. The van der Waals surface area contributed by atoms with Gasteiger partial charge in [0.2, 0.25) is 0 Å². The number of anilines is 1. The van der Waals surface area contributed by atoms with E-state index in [1.165, 1.54) is 0 Å². The van der Waals surface area contributed by atoms with E-state index in [4.69, 9.17) is 16.3 Å². The normalized spacial score (nSPS) is 22.4. The van der Waals surface area contributed by atoms with E-state index in [1.807, 2.05) is 0 Å². The molecule has 2 atom stereocenters. The molecule has 2 N–H and O–H groups in total. The summed E-state index contributed by atoms with van der Waals surface area (Å²) in [6.45, 7) is 2.90. The van der Waals surface area contributed by atoms with Gasteiger partial charge in [-0.3, -0.25) is 4.79 Å². The fraction of sp³-hybridized carbons (Fsp3) is 0.533. The first-order valence-corrected chi connectivity index (χ1v) is 7.41. The molecule has 0 spiro atoms. The quantitative estimate of drug-likeness (QED) is 0.898. The lowest BCUT2D eigenvalue weighted by Crippen LogP contribution is -2.33. The summed E-state index contributed by atoms with van der Waals surface area (Å²) in [5.74, 6) is -0.108. The molecule has 0 aromatic heterocycles. The molecule has 0 radical (unpaired) electrons. The first-order chi connectivity index (χ1) is 9.63. The Hall–Kier alpha value is -1.26. The number of amides is 1. The van der Waals surface area contributed by atoms with E-state index in [9.17, 15) is 4.79 Å². The zero-order valence-corrected chi connectivity index (χ0v) is 12.7. The third-order valence-corrected chi connectivity index (χ3v) is 3.97. The van der Waals surface area contributed by atoms with Crippen molar-refractivity contribution < 1.29 is 9.53 Å². The molecular formula is C15H21ClN2O2. The lowest BCUT2D eigenvalue weighted by molar-refractivity contribution is 0.00925. The average molecular weight is 297 g/mol. The average Bonchev–Trinajstić information content (AvgIpc) is 2.49. The van der Waals surface area contributed by atoms with Gasteiger partial charge in [-0.2, -0.15) is 0 Å². The van der Waals surface area contributed by atoms with Crippen molar-refractivity contribution in [3.63, 3.8) is 0 Å². The minimum atomic E-state index is -0.108. The van der Waals surface area contributed by atoms with Crippen molar-refractivity contribution in [3.05, 3.63) is 28.8 Å². The highest BCUT2D eigenvalue weighted by Gasteiger charge is 2.22. The fourth-order valence-electron chi connectivity index (χ4n) is 2.44. The molecule has 2 unspecified atom stereocenters. The van der Waals surface area contributed by atoms with E-state index in [0.717, 1.165) is 31.6 Å². The van der Waals surface area contributed by atoms with Gasteiger partial charge in [-0.05, 0) is 37.5 Å². The minimum Gasteiger partial charge on any atom is -0.381 e. The lowest BCUT2D eigenvalue weighted by atomic mass is 10.0. The molecule has 1 aromatic carbocycles. The molecule has 4 nitrogen and oxygen atoms in total. The number of rotatable bonds is 4. The van der Waals surface area contributed by atoms with Crippen LogP contribution in [-0.2, 0) is 4.74 Å². The zero-order valence-electron chi connectivity index (χ0n) is 11.9. The van der Waals surface area contributed by atoms with Crippen LogP contribution in [0.25, 0.3) is 0 Å². The van der Waals surface area contributed by atoms with Gasteiger partial charge in [0.15, 0.2) is 0 Å². The van der Waals surface area contributed by atoms with Crippen LogP contribution >= 0.6 is 11.6 Å². The lowest BCUT2D eigenvalue weighted by Gasteiger charge is -2.30. The number of ether oxygens (including phenoxy) is 1. The van der Waals surface area contributed by atoms with Crippen LogP contribution in [0.3, 0.4) is 0 Å². The Morgan fingerprint density at radius 3 is 3.00 bits per heavy atom. The second kappa shape index (κ2) is 6.95. The minimum absolute atomic E-state index is 0.108. The molecule has 1 amide bonds. The summed E-state index contributed by atoms with van der Waals surface area (Å²) in [7, 11) is 1.62. The van der Waals surface area contributed by atoms with Gasteiger partial charge < -0.3 is 15.4 Å². The molecule has 5 heteroatoms. The van der Waals surface area contributed by atoms with Crippen molar-refractivity contribution in [1.29, 1.82) is 0 Å². The maximum atomic E-state index is 11.7. The molecule has 0 aliphatic carbocycles. The first-order valence-electron chi connectivity index (χ1n) is 7.03. The molecule has 20 heavy (non-hydrogen) atoms. The van der Waals surface area contributed by atoms with E-state index in [-0.39, 0.29) is 5.91 Å². The zero-order chi connectivity index (χ0) is 14.5. The summed E-state index contributed by atoms with van der Waals surface area (Å²) in [4.78, 5) is 11.7. The van der Waals surface area contributed by atoms with Crippen LogP contribution < -0.4 is 10.6 Å². The van der Waals surface area contributed by atoms with Gasteiger partial charge in [-0.25, -0.2) is 0 Å². The van der Waals surface area contributed by atoms with Crippen molar-refractivity contribution in [2.45, 2.75) is 38.3 Å². The molecule has 1 fully saturated rings. The molecule has 0 bridgehead atoms. The van der Waals surface area contributed by atoms with Gasteiger partial charge in [0.25, 0.3) is 5.91 Å². The number of halogens is 1. The van der Waals surface area contributed by atoms with E-state index >= 15 is 0 Å². The van der Waals surface area contributed by atoms with Gasteiger partial charge in [-0.15, -0.1) is 0 Å². The van der Waals surface area contributed by atoms with E-state index in [0.29, 0.717) is 22.7 Å². The Morgan fingerprint density at radius 1 is 1.50 bits per heavy atom. The monoisotopic (exact) mass is 296 g/mol. The van der Waals surface area contributed by atoms with Crippen LogP contribution in [0.15, 0.2) is 18.2 Å². The smallest absolute Gasteiger partial charge is 0.251 e. The molecule has 2 rings (SSSR count). The summed E-state index contributed by atoms with van der Waals surface area (Å²) < 4.78 is 5.67. The number of hydrogen-bond donors (Lipinski definition) is 2. The highest BCUT2D eigenvalue weighted by molar-refractivity contribution is 6.33. The fourth-order valence-corrected chi connectivity index (χ4v) is 2.61. The van der Waals surface area contributed by atoms with Gasteiger partial charge in [-0.1, -0.05) is 18.5 Å². The number of benzene rings is 1. The molecule has 110 valence electrons. The Bertz CT molecular complexity index is 479. The highest BCUT2D eigenvalue weighted by Crippen LogP contribution is 2.27. The number of carbonyl (C=O) groups is 1. The molecule has 1 saturated heterocycles. The second-order valence-corrected chi connectivity index (χ2v) is 5.45. The maximum Gasteiger partial charge on any atom is 0.251 e. The molecular weight excluding hydrogens is 276 g/mol. The van der Waals surface area contributed by atoms with Crippen LogP contribution in [0.5, 0.6) is 0 Å². The molecule has 1 aliphatic rings. The summed E-state index contributed by atoms with van der Waals surface area (Å²) in [5, 5.41) is 6.70. The van der Waals surface area contributed by atoms with Crippen LogP contribution in [0.4, 0.5) is 5.69 Å². The van der Waals surface area contributed by atoms with Crippen molar-refractivity contribution in [2.75, 3.05) is 19.0 Å². The SMILES string of the molecule is CCC1CC(Nc2cc(C(=O)NC)ccc2Cl)CCO1. The van der Waals surface area contributed by atoms with Crippen molar-refractivity contribution in [3.8, 4) is 0 Å². The van der Waals surface area contributed by atoms with Crippen LogP contribution in [0.2, 0.25) is 5.02 Å². The number of nitrogens with one attached hydrogen (secondary N) is 2. The van der Waals surface area contributed by atoms with Crippen LogP contribution in [0, 0.1) is 0 Å². The molecule has 1 aromatic rings. The summed E-state index contributed by atoms with van der Waals surface area (Å²) in [6, 6.07) is 5.62. The number of carbonyl (C=O) groups excluding carboxylic acids is 1. The third kappa shape index (κ3) is 3.64. The van der Waals surface area contributed by atoms with Gasteiger partial charge in [0.1, 0.15) is 0 Å². The van der Waals surface area contributed by atoms with Crippen LogP contribution in [0.1, 0.15) is 36.5 Å². The summed E-state index contributed by atoms with van der Waals surface area (Å²) in [5.41, 5.74) is 1.42. The van der Waals surface area contributed by atoms with E-state index in [1.54, 1.807) is 25.2 Å². The molecule has 0 saturated carbocycles. The van der Waals surface area contributed by atoms with Crippen molar-refractivity contribution in [1.82, 2.24) is 5.32 Å². The van der Waals surface area contributed by atoms with Crippen molar-refractivity contribution >= 4 is 23.2 Å². The van der Waals surface area contributed by atoms with Crippen molar-refractivity contribution in [2.24, 2.45) is 0 Å². The Kier molecular flexibility index (Phi) is 5.26. The van der Waals surface area contributed by atoms with Gasteiger partial charge in [0, 0.05) is 25.3 Å². The Morgan fingerprint density at radius 2 is 2.30 bits per heavy atom. The van der Waals surface area contributed by atoms with E-state index in [2.05, 4.69) is 17.6 Å².